The molecule has 3 fully saturated rings. The van der Waals surface area contributed by atoms with Crippen LogP contribution in [0, 0.1) is 0 Å². The maximum absolute atomic E-state index is 16.0. The van der Waals surface area contributed by atoms with Gasteiger partial charge >= 0.3 is 13.5 Å². The minimum Gasteiger partial charge on any atom is -0.369 e. The average Bonchev–Trinajstić information content (AvgIpc) is 3.72. The van der Waals surface area contributed by atoms with Gasteiger partial charge in [-0.1, -0.05) is 24.9 Å². The number of Topliss-reactive ketones (excluding diaryl/α,β-unsaturated/α-hetero) is 1. The molecule has 250 valence electrons. The highest BCUT2D eigenvalue weighted by molar-refractivity contribution is 8.44. The number of nitrogens with two attached hydrogens (primary N) is 1. The number of alkyl halides is 2. The van der Waals surface area contributed by atoms with Gasteiger partial charge in [0, 0.05) is 12.6 Å². The van der Waals surface area contributed by atoms with Crippen molar-refractivity contribution in [1.29, 1.82) is 0 Å². The van der Waals surface area contributed by atoms with Crippen LogP contribution >= 0.6 is 25.8 Å². The molecule has 3 saturated heterocycles. The fourth-order valence-corrected chi connectivity index (χ4v) is 8.11. The quantitative estimate of drug-likeness (QED) is 0.216. The van der Waals surface area contributed by atoms with Gasteiger partial charge in [-0.25, -0.2) is 23.3 Å². The van der Waals surface area contributed by atoms with Gasteiger partial charge in [-0.15, -0.1) is 5.10 Å². The Labute approximate surface area is 266 Å². The Hall–Kier alpha value is -2.56. The first-order valence-corrected chi connectivity index (χ1v) is 18.2. The minimum absolute atomic E-state index is 0. The van der Waals surface area contributed by atoms with Crippen molar-refractivity contribution in [1.82, 2.24) is 34.5 Å². The number of aliphatic imine (C=N–C) groups is 1. The van der Waals surface area contributed by atoms with Gasteiger partial charge in [-0.3, -0.25) is 32.7 Å². The van der Waals surface area contributed by atoms with E-state index in [4.69, 9.17) is 45.1 Å². The van der Waals surface area contributed by atoms with Crippen molar-refractivity contribution in [3.8, 4) is 0 Å². The number of H-pyrrole nitrogens is 1. The van der Waals surface area contributed by atoms with Gasteiger partial charge in [0.25, 0.3) is 5.56 Å². The smallest absolute Gasteiger partial charge is 0.369 e. The monoisotopic (exact) mass is 727 g/mol. The number of ketones is 1. The number of nitrogen functional groups attached to an aromatic ring is 1. The normalized spacial score (nSPS) is 38.0. The molecule has 0 saturated carbocycles. The predicted molar refractivity (Wildman–Crippen MR) is 159 cm³/mol. The van der Waals surface area contributed by atoms with Crippen LogP contribution in [0.15, 0.2) is 16.1 Å². The van der Waals surface area contributed by atoms with E-state index in [1.807, 2.05) is 0 Å². The molecule has 0 aliphatic carbocycles. The van der Waals surface area contributed by atoms with Crippen LogP contribution in [-0.4, -0.2) is 101 Å². The van der Waals surface area contributed by atoms with Gasteiger partial charge in [-0.2, -0.15) is 9.67 Å². The topological polar surface area (TPSA) is 242 Å². The summed E-state index contributed by atoms with van der Waals surface area (Å²) in [6, 6.07) is 0. The molecule has 3 aromatic rings. The van der Waals surface area contributed by atoms with Crippen LogP contribution in [0.25, 0.3) is 11.2 Å². The molecule has 2 unspecified atom stereocenters. The first-order valence-electron chi connectivity index (χ1n) is 13.0. The number of carbonyl (C=O) groups is 1. The number of thiol groups is 1. The number of carbonyl (C=O) groups excluding carboxylic acids is 1. The molecule has 3 aromatic heterocycles. The number of imidazole rings is 1. The fraction of sp³-hybridized carbons (Fsp3) is 0.571. The molecule has 0 radical (unpaired) electrons. The summed E-state index contributed by atoms with van der Waals surface area (Å²) in [5.41, 5.74) is 4.41. The average molecular weight is 728 g/mol. The Balaban J connectivity index is 0.00000372. The highest BCUT2D eigenvalue weighted by atomic mass is 32.7. The maximum Gasteiger partial charge on any atom is 0.386 e. The molecule has 0 aromatic carbocycles. The second kappa shape index (κ2) is 12.2. The Morgan fingerprint density at radius 2 is 1.85 bits per heavy atom. The number of ether oxygens (including phenoxy) is 2. The lowest BCUT2D eigenvalue weighted by Crippen LogP contribution is -2.34. The summed E-state index contributed by atoms with van der Waals surface area (Å²) in [5.74, 6) is -0.617. The Kier molecular flexibility index (Phi) is 8.81. The first-order chi connectivity index (χ1) is 21.3. The Morgan fingerprint density at radius 3 is 2.63 bits per heavy atom. The Bertz CT molecular complexity index is 1880. The molecule has 0 spiro atoms. The van der Waals surface area contributed by atoms with Gasteiger partial charge in [-0.05, 0) is 11.8 Å². The van der Waals surface area contributed by atoms with Crippen LogP contribution in [0.4, 0.5) is 20.5 Å². The summed E-state index contributed by atoms with van der Waals surface area (Å²) in [6.45, 7) is -10.4. The van der Waals surface area contributed by atoms with E-state index < -0.39 is 81.5 Å². The number of hydrogen-bond donors (Lipinski definition) is 4. The molecule has 7 rings (SSSR count). The first kappa shape index (κ1) is 33.3. The van der Waals surface area contributed by atoms with Crippen molar-refractivity contribution in [3.05, 3.63) is 22.4 Å². The predicted octanol–water partition coefficient (Wildman–Crippen LogP) is 1.46. The summed E-state index contributed by atoms with van der Waals surface area (Å²) >= 11 is 9.05. The third-order valence-electron chi connectivity index (χ3n) is 7.24. The number of fused-ring (bicyclic) bond motifs is 5. The summed E-state index contributed by atoms with van der Waals surface area (Å²) < 4.78 is 80.4. The molecule has 19 nitrogen and oxygen atoms in total. The molecular weight excluding hydrogens is 702 g/mol. The number of aromatic nitrogens is 7. The lowest BCUT2D eigenvalue weighted by atomic mass is 10.1. The number of nitrogens with zero attached hydrogens (tertiary/aromatic N) is 7. The number of halogens is 2. The van der Waals surface area contributed by atoms with Crippen LogP contribution < -0.4 is 11.3 Å². The number of nitrogens with one attached hydrogen (secondary N) is 1. The number of anilines is 1. The Morgan fingerprint density at radius 1 is 1.11 bits per heavy atom. The zero-order valence-corrected chi connectivity index (χ0v) is 25.7. The molecule has 4 aliphatic heterocycles. The SMILES string of the molecule is C.Nc1nc2c(nnn2[C@@H]2O[C@@H]3COP(O)(=S)O[C@H]4[C@H](F)[C@H](n5cnc6c5N=CCC6=O)O[C@@H]4COP(=O)(S)O[C@@H]2[C@H]3F)c(=O)[nH]1. The van der Waals surface area contributed by atoms with Crippen molar-refractivity contribution < 1.29 is 50.6 Å². The zero-order valence-electron chi connectivity index (χ0n) is 22.2. The van der Waals surface area contributed by atoms with E-state index in [9.17, 15) is 19.0 Å². The molecule has 2 bridgehead atoms. The standard InChI is InChI=1S/C20H21F2N9O10P2S2.CH4/c21-9-7-3-36-42(34,44)40-13-8(39-18(10(13)22)30-5-25-11-6(32)1-2-24-15(11)30)4-37-43(35,45)41-14(9)19(38-7)31-16-12(28-29-31)17(33)27-20(23)26-16;/h2,5,7-10,13-14,18-19H,1,3-4H2,(H,34,44)(H,35,45)(H3,23,26,27,33);1H4/t7-,8-,9+,10+,13-,14-,18-,19-,42?,43?;/m1./s1. The minimum atomic E-state index is -4.53. The van der Waals surface area contributed by atoms with Crippen molar-refractivity contribution in [2.75, 3.05) is 18.9 Å². The van der Waals surface area contributed by atoms with Crippen LogP contribution in [-0.2, 0) is 43.9 Å². The number of aromatic amines is 1. The van der Waals surface area contributed by atoms with E-state index in [1.54, 1.807) is 0 Å². The van der Waals surface area contributed by atoms with Crippen LogP contribution in [0.1, 0.15) is 36.8 Å². The molecule has 46 heavy (non-hydrogen) atoms. The van der Waals surface area contributed by atoms with Gasteiger partial charge in [0.15, 0.2) is 53.3 Å². The van der Waals surface area contributed by atoms with Crippen molar-refractivity contribution >= 4 is 72.5 Å². The van der Waals surface area contributed by atoms with E-state index in [0.29, 0.717) is 0 Å². The van der Waals surface area contributed by atoms with Gasteiger partial charge < -0.3 is 24.6 Å². The van der Waals surface area contributed by atoms with Crippen molar-refractivity contribution in [2.24, 2.45) is 4.99 Å². The summed E-state index contributed by atoms with van der Waals surface area (Å²) in [7, 11) is 0. The third-order valence-corrected chi connectivity index (χ3v) is 10.4. The summed E-state index contributed by atoms with van der Waals surface area (Å²) in [6.07, 6.45) is -11.3. The molecular formula is C21H25F2N9O10P2S2. The van der Waals surface area contributed by atoms with Crippen LogP contribution in [0.3, 0.4) is 0 Å². The van der Waals surface area contributed by atoms with Gasteiger partial charge in [0.1, 0.15) is 24.4 Å². The molecule has 7 heterocycles. The fourth-order valence-electron chi connectivity index (χ4n) is 5.23. The van der Waals surface area contributed by atoms with E-state index in [0.717, 1.165) is 15.6 Å². The summed E-state index contributed by atoms with van der Waals surface area (Å²) in [5, 5.41) is 7.52. The largest absolute Gasteiger partial charge is 0.386 e. The van der Waals surface area contributed by atoms with Gasteiger partial charge in [0.05, 0.1) is 19.5 Å². The van der Waals surface area contributed by atoms with Crippen LogP contribution in [0.2, 0.25) is 0 Å². The highest BCUT2D eigenvalue weighted by Crippen LogP contribution is 2.59. The van der Waals surface area contributed by atoms with E-state index in [2.05, 4.69) is 42.5 Å². The van der Waals surface area contributed by atoms with E-state index in [1.165, 1.54) is 6.21 Å². The molecule has 0 amide bonds. The molecule has 4 N–H and O–H groups in total. The second-order valence-corrected chi connectivity index (χ2v) is 15.8. The number of rotatable bonds is 2. The molecule has 10 atom stereocenters. The molecule has 25 heteroatoms. The number of hydrogen-bond acceptors (Lipinski definition) is 16. The van der Waals surface area contributed by atoms with Crippen LogP contribution in [0.5, 0.6) is 0 Å². The van der Waals surface area contributed by atoms with Crippen molar-refractivity contribution in [2.45, 2.75) is 63.1 Å². The lowest BCUT2D eigenvalue weighted by molar-refractivity contribution is -0.0621. The second-order valence-electron chi connectivity index (χ2n) is 10.1. The lowest BCUT2D eigenvalue weighted by Gasteiger charge is -2.26. The van der Waals surface area contributed by atoms with E-state index in [-0.39, 0.29) is 48.3 Å². The van der Waals surface area contributed by atoms with E-state index >= 15 is 8.78 Å². The molecule has 4 aliphatic rings. The van der Waals surface area contributed by atoms with Crippen molar-refractivity contribution in [3.63, 3.8) is 0 Å². The highest BCUT2D eigenvalue weighted by Gasteiger charge is 2.54. The third kappa shape index (κ3) is 5.87. The zero-order chi connectivity index (χ0) is 31.8. The maximum atomic E-state index is 16.0. The summed E-state index contributed by atoms with van der Waals surface area (Å²) in [4.78, 5) is 49.7. The van der Waals surface area contributed by atoms with Gasteiger partial charge in [0.2, 0.25) is 5.95 Å².